The van der Waals surface area contributed by atoms with Crippen LogP contribution in [0.25, 0.3) is 11.5 Å². The molecule has 2 heterocycles. The average molecular weight is 501 g/mol. The summed E-state index contributed by atoms with van der Waals surface area (Å²) in [6.45, 7) is 2.44. The third-order valence-corrected chi connectivity index (χ3v) is 5.78. The van der Waals surface area contributed by atoms with Crippen molar-refractivity contribution in [2.75, 3.05) is 12.3 Å². The predicted molar refractivity (Wildman–Crippen MR) is 138 cm³/mol. The predicted octanol–water partition coefficient (Wildman–Crippen LogP) is 4.20. The number of aromatic nitrogens is 2. The number of aryl methyl sites for hydroxylation is 2. The summed E-state index contributed by atoms with van der Waals surface area (Å²) in [6.07, 6.45) is 2.42. The van der Waals surface area contributed by atoms with Crippen molar-refractivity contribution in [2.45, 2.75) is 32.7 Å². The fourth-order valence-corrected chi connectivity index (χ4v) is 3.78. The number of hydrogen-bond donors (Lipinski definition) is 3. The molecule has 0 spiro atoms. The van der Waals surface area contributed by atoms with Crippen LogP contribution in [0.2, 0.25) is 0 Å². The summed E-state index contributed by atoms with van der Waals surface area (Å²) in [7, 11) is 0. The third kappa shape index (κ3) is 6.94. The van der Waals surface area contributed by atoms with Gasteiger partial charge >= 0.3 is 5.97 Å². The van der Waals surface area contributed by atoms with Crippen molar-refractivity contribution in [3.05, 3.63) is 95.1 Å². The molecule has 9 nitrogen and oxygen atoms in total. The summed E-state index contributed by atoms with van der Waals surface area (Å²) < 4.78 is 11.8. The SMILES string of the molecule is Cc1oc(-c2ccc(N)cc2)nc1CCOc1ccc(CCC(=O)O)c(CNC(=O)c2ccccn2)c1. The van der Waals surface area contributed by atoms with Gasteiger partial charge in [0.05, 0.1) is 12.3 Å². The van der Waals surface area contributed by atoms with Gasteiger partial charge in [0, 0.05) is 36.8 Å². The van der Waals surface area contributed by atoms with Crippen LogP contribution in [-0.2, 0) is 24.2 Å². The fourth-order valence-electron chi connectivity index (χ4n) is 3.78. The van der Waals surface area contributed by atoms with E-state index in [0.29, 0.717) is 42.5 Å². The van der Waals surface area contributed by atoms with Crippen molar-refractivity contribution in [3.63, 3.8) is 0 Å². The Morgan fingerprint density at radius 3 is 2.59 bits per heavy atom. The molecule has 4 aromatic rings. The Morgan fingerprint density at radius 2 is 1.86 bits per heavy atom. The second-order valence-corrected chi connectivity index (χ2v) is 8.46. The Balaban J connectivity index is 1.41. The molecule has 0 bridgehead atoms. The van der Waals surface area contributed by atoms with E-state index in [-0.39, 0.29) is 18.9 Å². The summed E-state index contributed by atoms with van der Waals surface area (Å²) in [4.78, 5) is 32.2. The number of carbonyl (C=O) groups is 2. The zero-order valence-corrected chi connectivity index (χ0v) is 20.4. The number of rotatable bonds is 11. The Morgan fingerprint density at radius 1 is 1.05 bits per heavy atom. The van der Waals surface area contributed by atoms with Gasteiger partial charge in [-0.2, -0.15) is 0 Å². The van der Waals surface area contributed by atoms with Crippen molar-refractivity contribution in [2.24, 2.45) is 0 Å². The van der Waals surface area contributed by atoms with Gasteiger partial charge in [0.2, 0.25) is 5.89 Å². The zero-order chi connectivity index (χ0) is 26.2. The number of anilines is 1. The van der Waals surface area contributed by atoms with Gasteiger partial charge in [0.1, 0.15) is 17.2 Å². The molecule has 0 atom stereocenters. The number of aliphatic carboxylic acids is 1. The molecule has 4 rings (SSSR count). The molecule has 9 heteroatoms. The third-order valence-electron chi connectivity index (χ3n) is 5.78. The number of pyridine rings is 1. The first-order chi connectivity index (χ1) is 17.9. The zero-order valence-electron chi connectivity index (χ0n) is 20.4. The molecule has 1 amide bonds. The molecule has 2 aromatic carbocycles. The van der Waals surface area contributed by atoms with E-state index in [4.69, 9.17) is 20.0 Å². The van der Waals surface area contributed by atoms with Gasteiger partial charge in [-0.25, -0.2) is 4.98 Å². The highest BCUT2D eigenvalue weighted by Gasteiger charge is 2.13. The number of benzene rings is 2. The van der Waals surface area contributed by atoms with Crippen molar-refractivity contribution in [1.29, 1.82) is 0 Å². The standard InChI is InChI=1S/C28H28N4O5/c1-18-24(32-28(37-18)20-5-9-22(29)10-6-20)13-15-36-23-11-7-19(8-12-26(33)34)21(16-23)17-31-27(35)25-4-2-3-14-30-25/h2-7,9-11,14,16H,8,12-13,15,17,29H2,1H3,(H,31,35)(H,33,34). The van der Waals surface area contributed by atoms with Crippen LogP contribution in [0.15, 0.2) is 71.3 Å². The molecular formula is C28H28N4O5. The monoisotopic (exact) mass is 500 g/mol. The normalized spacial score (nSPS) is 10.7. The molecule has 0 aliphatic carbocycles. The maximum absolute atomic E-state index is 12.4. The molecule has 2 aromatic heterocycles. The van der Waals surface area contributed by atoms with E-state index in [1.54, 1.807) is 42.6 Å². The smallest absolute Gasteiger partial charge is 0.303 e. The van der Waals surface area contributed by atoms with Crippen molar-refractivity contribution in [3.8, 4) is 17.2 Å². The second-order valence-electron chi connectivity index (χ2n) is 8.46. The lowest BCUT2D eigenvalue weighted by Gasteiger charge is -2.13. The molecule has 0 unspecified atom stereocenters. The van der Waals surface area contributed by atoms with E-state index in [0.717, 1.165) is 28.1 Å². The molecule has 0 aliphatic heterocycles. The molecule has 0 radical (unpaired) electrons. The molecular weight excluding hydrogens is 472 g/mol. The lowest BCUT2D eigenvalue weighted by molar-refractivity contribution is -0.136. The number of nitrogens with zero attached hydrogens (tertiary/aromatic N) is 2. The molecule has 4 N–H and O–H groups in total. The van der Waals surface area contributed by atoms with Crippen LogP contribution in [0, 0.1) is 6.92 Å². The van der Waals surface area contributed by atoms with E-state index < -0.39 is 5.97 Å². The summed E-state index contributed by atoms with van der Waals surface area (Å²) >= 11 is 0. The van der Waals surface area contributed by atoms with Gasteiger partial charge in [-0.1, -0.05) is 12.1 Å². The number of carboxylic acids is 1. The van der Waals surface area contributed by atoms with Crippen molar-refractivity contribution < 1.29 is 23.8 Å². The minimum Gasteiger partial charge on any atom is -0.493 e. The molecule has 190 valence electrons. The van der Waals surface area contributed by atoms with Gasteiger partial charge in [-0.15, -0.1) is 0 Å². The van der Waals surface area contributed by atoms with Crippen LogP contribution in [0.1, 0.15) is 39.5 Å². The number of nitrogen functional groups attached to an aromatic ring is 1. The number of carbonyl (C=O) groups excluding carboxylic acids is 1. The van der Waals surface area contributed by atoms with Crippen LogP contribution in [-0.4, -0.2) is 33.6 Å². The molecule has 0 fully saturated rings. The minimum absolute atomic E-state index is 0.0107. The summed E-state index contributed by atoms with van der Waals surface area (Å²) in [6, 6.07) is 17.9. The van der Waals surface area contributed by atoms with Gasteiger partial charge < -0.3 is 25.3 Å². The van der Waals surface area contributed by atoms with E-state index in [9.17, 15) is 9.59 Å². The second kappa shape index (κ2) is 11.9. The van der Waals surface area contributed by atoms with Crippen LogP contribution in [0.5, 0.6) is 5.75 Å². The largest absolute Gasteiger partial charge is 0.493 e. The topological polar surface area (TPSA) is 141 Å². The lowest BCUT2D eigenvalue weighted by atomic mass is 10.0. The molecule has 0 aliphatic rings. The Bertz CT molecular complexity index is 1370. The van der Waals surface area contributed by atoms with Crippen molar-refractivity contribution >= 4 is 17.6 Å². The Kier molecular flexibility index (Phi) is 8.15. The first kappa shape index (κ1) is 25.4. The fraction of sp³-hybridized carbons (Fsp3) is 0.214. The highest BCUT2D eigenvalue weighted by Crippen LogP contribution is 2.24. The van der Waals surface area contributed by atoms with Gasteiger partial charge in [-0.05, 0) is 73.0 Å². The average Bonchev–Trinajstić information content (AvgIpc) is 3.27. The van der Waals surface area contributed by atoms with Crippen LogP contribution >= 0.6 is 0 Å². The van der Waals surface area contributed by atoms with E-state index in [1.165, 1.54) is 0 Å². The molecule has 37 heavy (non-hydrogen) atoms. The number of ether oxygens (including phenoxy) is 1. The number of nitrogens with two attached hydrogens (primary N) is 1. The first-order valence-electron chi connectivity index (χ1n) is 11.9. The van der Waals surface area contributed by atoms with Crippen LogP contribution < -0.4 is 15.8 Å². The van der Waals surface area contributed by atoms with E-state index in [2.05, 4.69) is 15.3 Å². The Hall–Kier alpha value is -4.66. The molecule has 0 saturated heterocycles. The highest BCUT2D eigenvalue weighted by molar-refractivity contribution is 5.92. The van der Waals surface area contributed by atoms with Crippen molar-refractivity contribution in [1.82, 2.24) is 15.3 Å². The maximum Gasteiger partial charge on any atom is 0.303 e. The number of hydrogen-bond acceptors (Lipinski definition) is 7. The van der Waals surface area contributed by atoms with Gasteiger partial charge in [-0.3, -0.25) is 14.6 Å². The maximum atomic E-state index is 12.4. The quantitative estimate of drug-likeness (QED) is 0.260. The first-order valence-corrected chi connectivity index (χ1v) is 11.9. The van der Waals surface area contributed by atoms with Gasteiger partial charge in [0.15, 0.2) is 0 Å². The van der Waals surface area contributed by atoms with E-state index >= 15 is 0 Å². The summed E-state index contributed by atoms with van der Waals surface area (Å²) in [5, 5.41) is 11.9. The van der Waals surface area contributed by atoms with Gasteiger partial charge in [0.25, 0.3) is 5.91 Å². The number of oxazole rings is 1. The number of amides is 1. The van der Waals surface area contributed by atoms with Crippen LogP contribution in [0.4, 0.5) is 5.69 Å². The minimum atomic E-state index is -0.884. The lowest BCUT2D eigenvalue weighted by Crippen LogP contribution is -2.24. The molecule has 0 saturated carbocycles. The summed E-state index contributed by atoms with van der Waals surface area (Å²) in [5.41, 5.74) is 9.99. The Labute approximate surface area is 214 Å². The number of carboxylic acid groups (broad SMARTS) is 1. The number of nitrogens with one attached hydrogen (secondary N) is 1. The highest BCUT2D eigenvalue weighted by atomic mass is 16.5. The van der Waals surface area contributed by atoms with Crippen LogP contribution in [0.3, 0.4) is 0 Å². The van der Waals surface area contributed by atoms with E-state index in [1.807, 2.05) is 31.2 Å². The summed E-state index contributed by atoms with van der Waals surface area (Å²) in [5.74, 6) is 0.666.